The van der Waals surface area contributed by atoms with Crippen LogP contribution in [-0.4, -0.2) is 22.1 Å². The van der Waals surface area contributed by atoms with Gasteiger partial charge in [0.15, 0.2) is 5.82 Å². The molecule has 1 aromatic carbocycles. The van der Waals surface area contributed by atoms with Gasteiger partial charge in [-0.2, -0.15) is 5.10 Å². The molecule has 0 bridgehead atoms. The van der Waals surface area contributed by atoms with Gasteiger partial charge in [0.2, 0.25) is 5.91 Å². The molecule has 0 saturated carbocycles. The Kier molecular flexibility index (Phi) is 2.64. The first-order valence-corrected chi connectivity index (χ1v) is 5.76. The van der Waals surface area contributed by atoms with Gasteiger partial charge in [-0.3, -0.25) is 4.79 Å². The number of hydrogen-bond acceptors (Lipinski definition) is 4. The van der Waals surface area contributed by atoms with Crippen molar-refractivity contribution < 1.29 is 4.79 Å². The maximum atomic E-state index is 12.0. The second-order valence-corrected chi connectivity index (χ2v) is 4.16. The van der Waals surface area contributed by atoms with Crippen molar-refractivity contribution in [2.75, 3.05) is 10.6 Å². The van der Waals surface area contributed by atoms with Gasteiger partial charge in [-0.25, -0.2) is 0 Å². The summed E-state index contributed by atoms with van der Waals surface area (Å²) in [5.74, 6) is 0.381. The van der Waals surface area contributed by atoms with Crippen LogP contribution < -0.4 is 10.6 Å². The topological polar surface area (TPSA) is 66.9 Å². The minimum atomic E-state index is -0.246. The van der Waals surface area contributed by atoms with Crippen LogP contribution in [0.5, 0.6) is 0 Å². The molecule has 5 nitrogen and oxygen atoms in total. The van der Waals surface area contributed by atoms with Crippen LogP contribution in [0.15, 0.2) is 42.6 Å². The molecule has 1 aromatic heterocycles. The Balaban J connectivity index is 1.70. The van der Waals surface area contributed by atoms with Crippen molar-refractivity contribution in [1.82, 2.24) is 10.2 Å². The van der Waals surface area contributed by atoms with Crippen molar-refractivity contribution in [3.63, 3.8) is 0 Å². The molecule has 0 spiro atoms. The molecule has 1 aliphatic rings. The lowest BCUT2D eigenvalue weighted by atomic mass is 10.1. The van der Waals surface area contributed by atoms with Crippen molar-refractivity contribution in [2.45, 2.75) is 12.5 Å². The molecule has 0 saturated heterocycles. The first-order chi connectivity index (χ1) is 8.83. The van der Waals surface area contributed by atoms with Gasteiger partial charge < -0.3 is 10.6 Å². The number of fused-ring (bicyclic) bond motifs is 1. The first-order valence-electron chi connectivity index (χ1n) is 5.76. The quantitative estimate of drug-likeness (QED) is 0.833. The number of nitrogens with zero attached hydrogens (tertiary/aromatic N) is 2. The Labute approximate surface area is 104 Å². The number of nitrogens with one attached hydrogen (secondary N) is 2. The van der Waals surface area contributed by atoms with Gasteiger partial charge in [-0.05, 0) is 23.8 Å². The van der Waals surface area contributed by atoms with Gasteiger partial charge in [0.05, 0.1) is 0 Å². The number of benzene rings is 1. The molecule has 18 heavy (non-hydrogen) atoms. The van der Waals surface area contributed by atoms with Crippen molar-refractivity contribution in [1.29, 1.82) is 0 Å². The van der Waals surface area contributed by atoms with Crippen LogP contribution >= 0.6 is 0 Å². The largest absolute Gasteiger partial charge is 0.373 e. The summed E-state index contributed by atoms with van der Waals surface area (Å²) in [6, 6.07) is 11.1. The summed E-state index contributed by atoms with van der Waals surface area (Å²) in [6.45, 7) is 0. The molecule has 0 aliphatic carbocycles. The van der Waals surface area contributed by atoms with Gasteiger partial charge >= 0.3 is 0 Å². The predicted molar refractivity (Wildman–Crippen MR) is 68.2 cm³/mol. The Morgan fingerprint density at radius 1 is 1.28 bits per heavy atom. The number of carbonyl (C=O) groups excluding carboxylic acids is 1. The SMILES string of the molecule is O=C(Nc1cccnn1)[C@@H]1Cc2ccccc2N1. The lowest BCUT2D eigenvalue weighted by Gasteiger charge is -2.10. The summed E-state index contributed by atoms with van der Waals surface area (Å²) in [7, 11) is 0. The number of aromatic nitrogens is 2. The van der Waals surface area contributed by atoms with E-state index >= 15 is 0 Å². The summed E-state index contributed by atoms with van der Waals surface area (Å²) < 4.78 is 0. The normalized spacial score (nSPS) is 16.8. The van der Waals surface area contributed by atoms with E-state index in [4.69, 9.17) is 0 Å². The predicted octanol–water partition coefficient (Wildman–Crippen LogP) is 1.45. The van der Waals surface area contributed by atoms with E-state index in [-0.39, 0.29) is 11.9 Å². The molecule has 2 aromatic rings. The lowest BCUT2D eigenvalue weighted by Crippen LogP contribution is -2.33. The van der Waals surface area contributed by atoms with Crippen LogP contribution in [0.2, 0.25) is 0 Å². The van der Waals surface area contributed by atoms with E-state index in [2.05, 4.69) is 20.8 Å². The van der Waals surface area contributed by atoms with E-state index in [0.717, 1.165) is 11.3 Å². The summed E-state index contributed by atoms with van der Waals surface area (Å²) in [6.07, 6.45) is 2.27. The highest BCUT2D eigenvalue weighted by Crippen LogP contribution is 2.25. The summed E-state index contributed by atoms with van der Waals surface area (Å²) in [4.78, 5) is 12.0. The molecule has 3 rings (SSSR count). The van der Waals surface area contributed by atoms with E-state index in [1.165, 1.54) is 0 Å². The summed E-state index contributed by atoms with van der Waals surface area (Å²) >= 11 is 0. The third-order valence-corrected chi connectivity index (χ3v) is 2.91. The molecule has 2 heterocycles. The molecule has 1 atom stereocenters. The van der Waals surface area contributed by atoms with E-state index in [9.17, 15) is 4.79 Å². The molecule has 1 aliphatic heterocycles. The van der Waals surface area contributed by atoms with Crippen LogP contribution in [-0.2, 0) is 11.2 Å². The van der Waals surface area contributed by atoms with Crippen molar-refractivity contribution in [3.8, 4) is 0 Å². The monoisotopic (exact) mass is 240 g/mol. The fourth-order valence-electron chi connectivity index (χ4n) is 2.04. The molecular formula is C13H12N4O. The van der Waals surface area contributed by atoms with E-state index < -0.39 is 0 Å². The minimum Gasteiger partial charge on any atom is -0.373 e. The van der Waals surface area contributed by atoms with E-state index in [0.29, 0.717) is 12.2 Å². The Hall–Kier alpha value is -2.43. The molecule has 5 heteroatoms. The Morgan fingerprint density at radius 2 is 2.17 bits per heavy atom. The highest BCUT2D eigenvalue weighted by molar-refractivity contribution is 5.97. The number of amides is 1. The summed E-state index contributed by atoms with van der Waals surface area (Å²) in [5, 5.41) is 13.5. The maximum absolute atomic E-state index is 12.0. The van der Waals surface area contributed by atoms with E-state index in [1.54, 1.807) is 18.3 Å². The highest BCUT2D eigenvalue weighted by atomic mass is 16.2. The fraction of sp³-hybridized carbons (Fsp3) is 0.154. The van der Waals surface area contributed by atoms with Crippen LogP contribution in [0.3, 0.4) is 0 Å². The number of rotatable bonds is 2. The number of carbonyl (C=O) groups is 1. The molecule has 0 radical (unpaired) electrons. The number of anilines is 2. The minimum absolute atomic E-state index is 0.0910. The number of para-hydroxylation sites is 1. The van der Waals surface area contributed by atoms with Crippen LogP contribution in [0.25, 0.3) is 0 Å². The highest BCUT2D eigenvalue weighted by Gasteiger charge is 2.26. The molecule has 1 amide bonds. The fourth-order valence-corrected chi connectivity index (χ4v) is 2.04. The number of hydrogen-bond donors (Lipinski definition) is 2. The smallest absolute Gasteiger partial charge is 0.248 e. The van der Waals surface area contributed by atoms with Crippen LogP contribution in [0.1, 0.15) is 5.56 Å². The van der Waals surface area contributed by atoms with Gasteiger partial charge in [-0.1, -0.05) is 18.2 Å². The van der Waals surface area contributed by atoms with Gasteiger partial charge in [0.25, 0.3) is 0 Å². The molecule has 90 valence electrons. The van der Waals surface area contributed by atoms with Crippen molar-refractivity contribution >= 4 is 17.4 Å². The first kappa shape index (κ1) is 10.7. The molecule has 0 fully saturated rings. The molecule has 0 unspecified atom stereocenters. The third-order valence-electron chi connectivity index (χ3n) is 2.91. The Morgan fingerprint density at radius 3 is 2.94 bits per heavy atom. The zero-order valence-electron chi connectivity index (χ0n) is 9.63. The average Bonchev–Trinajstić information content (AvgIpc) is 2.84. The second kappa shape index (κ2) is 4.44. The zero-order chi connectivity index (χ0) is 12.4. The van der Waals surface area contributed by atoms with Crippen LogP contribution in [0.4, 0.5) is 11.5 Å². The van der Waals surface area contributed by atoms with Crippen LogP contribution in [0, 0.1) is 0 Å². The molecule has 2 N–H and O–H groups in total. The standard InChI is InChI=1S/C13H12N4O/c18-13(16-12-6-3-7-14-17-12)11-8-9-4-1-2-5-10(9)15-11/h1-7,11,15H,8H2,(H,16,17,18)/t11-/m0/s1. The van der Waals surface area contributed by atoms with Gasteiger partial charge in [0.1, 0.15) is 6.04 Å². The van der Waals surface area contributed by atoms with Crippen molar-refractivity contribution in [3.05, 3.63) is 48.2 Å². The zero-order valence-corrected chi connectivity index (χ0v) is 9.63. The lowest BCUT2D eigenvalue weighted by molar-refractivity contribution is -0.116. The van der Waals surface area contributed by atoms with Gasteiger partial charge in [0, 0.05) is 18.3 Å². The summed E-state index contributed by atoms with van der Waals surface area (Å²) in [5.41, 5.74) is 2.19. The molecular weight excluding hydrogens is 228 g/mol. The third kappa shape index (κ3) is 2.02. The van der Waals surface area contributed by atoms with E-state index in [1.807, 2.05) is 24.3 Å². The Bertz CT molecular complexity index is 545. The van der Waals surface area contributed by atoms with Gasteiger partial charge in [-0.15, -0.1) is 5.10 Å². The van der Waals surface area contributed by atoms with Crippen molar-refractivity contribution in [2.24, 2.45) is 0 Å². The second-order valence-electron chi connectivity index (χ2n) is 4.16. The maximum Gasteiger partial charge on any atom is 0.248 e. The average molecular weight is 240 g/mol.